The third-order valence-corrected chi connectivity index (χ3v) is 3.83. The molecule has 1 aliphatic rings. The molecule has 1 atom stereocenters. The average Bonchev–Trinajstić information content (AvgIpc) is 2.54. The van der Waals surface area contributed by atoms with E-state index in [9.17, 15) is 22.8 Å². The number of amides is 2. The number of carboxylic acid groups (broad SMARTS) is 1. The molecule has 0 radical (unpaired) electrons. The van der Waals surface area contributed by atoms with Crippen molar-refractivity contribution in [3.63, 3.8) is 0 Å². The number of carboxylic acids is 1. The summed E-state index contributed by atoms with van der Waals surface area (Å²) in [4.78, 5) is 24.4. The molecule has 0 spiro atoms. The van der Waals surface area contributed by atoms with Crippen molar-refractivity contribution in [1.29, 1.82) is 0 Å². The van der Waals surface area contributed by atoms with Crippen LogP contribution in [0.25, 0.3) is 0 Å². The van der Waals surface area contributed by atoms with E-state index in [0.29, 0.717) is 19.4 Å². The molecule has 1 aliphatic heterocycles. The second kappa shape index (κ2) is 6.98. The van der Waals surface area contributed by atoms with Gasteiger partial charge in [-0.2, -0.15) is 13.2 Å². The Hall–Kier alpha value is -2.45. The van der Waals surface area contributed by atoms with E-state index in [0.717, 1.165) is 12.1 Å². The monoisotopic (exact) mass is 346 g/mol. The number of rotatable bonds is 3. The quantitative estimate of drug-likeness (QED) is 0.882. The molecule has 2 N–H and O–H groups in total. The van der Waals surface area contributed by atoms with Crippen molar-refractivity contribution in [2.75, 3.05) is 25.5 Å². The largest absolute Gasteiger partial charge is 0.497 e. The molecule has 9 heteroatoms. The van der Waals surface area contributed by atoms with Crippen molar-refractivity contribution in [1.82, 2.24) is 4.90 Å². The Morgan fingerprint density at radius 2 is 2.08 bits per heavy atom. The number of nitrogens with one attached hydrogen (secondary N) is 1. The van der Waals surface area contributed by atoms with Gasteiger partial charge in [-0.05, 0) is 31.0 Å². The van der Waals surface area contributed by atoms with Gasteiger partial charge in [0, 0.05) is 13.1 Å². The van der Waals surface area contributed by atoms with E-state index in [1.54, 1.807) is 0 Å². The van der Waals surface area contributed by atoms with Crippen LogP contribution in [-0.2, 0) is 11.0 Å². The second-order valence-electron chi connectivity index (χ2n) is 5.46. The predicted molar refractivity (Wildman–Crippen MR) is 78.9 cm³/mol. The highest BCUT2D eigenvalue weighted by Crippen LogP contribution is 2.37. The van der Waals surface area contributed by atoms with Crippen LogP contribution in [0, 0.1) is 5.92 Å². The highest BCUT2D eigenvalue weighted by atomic mass is 19.4. The number of hydrogen-bond donors (Lipinski definition) is 2. The maximum Gasteiger partial charge on any atom is 0.418 e. The zero-order chi connectivity index (χ0) is 17.9. The first-order valence-electron chi connectivity index (χ1n) is 7.26. The zero-order valence-electron chi connectivity index (χ0n) is 12.9. The number of carbonyl (C=O) groups is 2. The Morgan fingerprint density at radius 3 is 2.67 bits per heavy atom. The first-order valence-corrected chi connectivity index (χ1v) is 7.26. The number of nitrogens with zero attached hydrogens (tertiary/aromatic N) is 1. The third kappa shape index (κ3) is 4.09. The van der Waals surface area contributed by atoms with Gasteiger partial charge in [-0.15, -0.1) is 0 Å². The highest BCUT2D eigenvalue weighted by Gasteiger charge is 2.35. The van der Waals surface area contributed by atoms with Gasteiger partial charge < -0.3 is 20.1 Å². The van der Waals surface area contributed by atoms with Gasteiger partial charge in [-0.25, -0.2) is 4.79 Å². The van der Waals surface area contributed by atoms with Crippen molar-refractivity contribution in [3.8, 4) is 5.75 Å². The van der Waals surface area contributed by atoms with Crippen molar-refractivity contribution in [2.45, 2.75) is 19.0 Å². The Labute approximate surface area is 136 Å². The lowest BCUT2D eigenvalue weighted by molar-refractivity contribution is -0.143. The fourth-order valence-electron chi connectivity index (χ4n) is 2.55. The molecule has 0 aromatic heterocycles. The summed E-state index contributed by atoms with van der Waals surface area (Å²) in [5, 5.41) is 11.2. The van der Waals surface area contributed by atoms with Crippen LogP contribution in [0.1, 0.15) is 18.4 Å². The average molecular weight is 346 g/mol. The highest BCUT2D eigenvalue weighted by molar-refractivity contribution is 5.91. The number of hydrogen-bond acceptors (Lipinski definition) is 3. The van der Waals surface area contributed by atoms with Crippen molar-refractivity contribution in [3.05, 3.63) is 23.8 Å². The number of carbonyl (C=O) groups excluding carboxylic acids is 1. The number of piperidine rings is 1. The SMILES string of the molecule is COc1ccc(NC(=O)N2CCCC(C(=O)O)C2)c(C(F)(F)F)c1. The van der Waals surface area contributed by atoms with Crippen molar-refractivity contribution in [2.24, 2.45) is 5.92 Å². The summed E-state index contributed by atoms with van der Waals surface area (Å²) in [6, 6.07) is 2.46. The normalized spacial score (nSPS) is 18.2. The molecule has 1 unspecified atom stereocenters. The van der Waals surface area contributed by atoms with E-state index in [1.165, 1.54) is 18.1 Å². The van der Waals surface area contributed by atoms with Crippen molar-refractivity contribution < 1.29 is 32.6 Å². The van der Waals surface area contributed by atoms with E-state index in [2.05, 4.69) is 5.32 Å². The number of halogens is 3. The number of anilines is 1. The Kier molecular flexibility index (Phi) is 5.20. The number of benzene rings is 1. The molecule has 1 aromatic rings. The zero-order valence-corrected chi connectivity index (χ0v) is 12.9. The number of methoxy groups -OCH3 is 1. The molecule has 24 heavy (non-hydrogen) atoms. The Balaban J connectivity index is 2.18. The lowest BCUT2D eigenvalue weighted by Crippen LogP contribution is -2.44. The standard InChI is InChI=1S/C15H17F3N2O4/c1-24-10-4-5-12(11(7-10)15(16,17)18)19-14(23)20-6-2-3-9(8-20)13(21)22/h4-5,7,9H,2-3,6,8H2,1H3,(H,19,23)(H,21,22). The van der Waals surface area contributed by atoms with Gasteiger partial charge in [0.05, 0.1) is 24.3 Å². The number of likely N-dealkylation sites (tertiary alicyclic amines) is 1. The molecule has 132 valence electrons. The number of alkyl halides is 3. The van der Waals surface area contributed by atoms with Gasteiger partial charge in [0.1, 0.15) is 5.75 Å². The van der Waals surface area contributed by atoms with Crippen LogP contribution in [0.2, 0.25) is 0 Å². The van der Waals surface area contributed by atoms with E-state index >= 15 is 0 Å². The molecule has 2 amide bonds. The topological polar surface area (TPSA) is 78.9 Å². The van der Waals surface area contributed by atoms with Gasteiger partial charge >= 0.3 is 18.2 Å². The fraction of sp³-hybridized carbons (Fsp3) is 0.467. The summed E-state index contributed by atoms with van der Waals surface area (Å²) >= 11 is 0. The summed E-state index contributed by atoms with van der Waals surface area (Å²) in [6.07, 6.45) is -3.74. The lowest BCUT2D eigenvalue weighted by atomic mass is 9.99. The van der Waals surface area contributed by atoms with Gasteiger partial charge in [0.15, 0.2) is 0 Å². The van der Waals surface area contributed by atoms with Gasteiger partial charge in [0.2, 0.25) is 0 Å². The molecule has 0 aliphatic carbocycles. The van der Waals surface area contributed by atoms with Gasteiger partial charge in [-0.1, -0.05) is 0 Å². The van der Waals surface area contributed by atoms with E-state index in [-0.39, 0.29) is 12.3 Å². The summed E-state index contributed by atoms with van der Waals surface area (Å²) < 4.78 is 44.2. The predicted octanol–water partition coefficient (Wildman–Crippen LogP) is 3.04. The summed E-state index contributed by atoms with van der Waals surface area (Å²) in [7, 11) is 1.24. The molecule has 1 aromatic carbocycles. The molecule has 2 rings (SSSR count). The second-order valence-corrected chi connectivity index (χ2v) is 5.46. The van der Waals surface area contributed by atoms with E-state index < -0.39 is 35.3 Å². The lowest BCUT2D eigenvalue weighted by Gasteiger charge is -2.31. The van der Waals surface area contributed by atoms with Crippen LogP contribution in [0.4, 0.5) is 23.7 Å². The van der Waals surface area contributed by atoms with Crippen LogP contribution in [-0.4, -0.2) is 42.2 Å². The minimum Gasteiger partial charge on any atom is -0.497 e. The molecule has 1 heterocycles. The minimum absolute atomic E-state index is 0.0178. The molecule has 0 bridgehead atoms. The van der Waals surface area contributed by atoms with Gasteiger partial charge in [0.25, 0.3) is 0 Å². The molecule has 1 fully saturated rings. The van der Waals surface area contributed by atoms with Crippen LogP contribution in [0.5, 0.6) is 5.75 Å². The van der Waals surface area contributed by atoms with Gasteiger partial charge in [-0.3, -0.25) is 4.79 Å². The fourth-order valence-corrected chi connectivity index (χ4v) is 2.55. The first-order chi connectivity index (χ1) is 11.2. The molecule has 1 saturated heterocycles. The summed E-state index contributed by atoms with van der Waals surface area (Å²) in [5.41, 5.74) is -1.42. The maximum atomic E-state index is 13.1. The van der Waals surface area contributed by atoms with Crippen LogP contribution >= 0.6 is 0 Å². The van der Waals surface area contributed by atoms with E-state index in [4.69, 9.17) is 9.84 Å². The van der Waals surface area contributed by atoms with E-state index in [1.807, 2.05) is 0 Å². The summed E-state index contributed by atoms with van der Waals surface area (Å²) in [5.74, 6) is -1.71. The summed E-state index contributed by atoms with van der Waals surface area (Å²) in [6.45, 7) is 0.270. The van der Waals surface area contributed by atoms with Crippen LogP contribution < -0.4 is 10.1 Å². The molecular formula is C15H17F3N2O4. The molecule has 6 nitrogen and oxygen atoms in total. The maximum absolute atomic E-state index is 13.1. The molecular weight excluding hydrogens is 329 g/mol. The smallest absolute Gasteiger partial charge is 0.418 e. The minimum atomic E-state index is -4.66. The van der Waals surface area contributed by atoms with Crippen LogP contribution in [0.15, 0.2) is 18.2 Å². The third-order valence-electron chi connectivity index (χ3n) is 3.83. The first kappa shape index (κ1) is 17.9. The van der Waals surface area contributed by atoms with Crippen molar-refractivity contribution >= 4 is 17.7 Å². The Bertz CT molecular complexity index is 634. The Morgan fingerprint density at radius 1 is 1.38 bits per heavy atom. The van der Waals surface area contributed by atoms with Crippen LogP contribution in [0.3, 0.4) is 0 Å². The number of urea groups is 1. The number of aliphatic carboxylic acids is 1. The molecule has 0 saturated carbocycles. The number of ether oxygens (including phenoxy) is 1.